The fourth-order valence-electron chi connectivity index (χ4n) is 1.99. The van der Waals surface area contributed by atoms with Gasteiger partial charge in [0, 0.05) is 12.1 Å². The summed E-state index contributed by atoms with van der Waals surface area (Å²) in [4.78, 5) is 11.9. The molecule has 1 aliphatic carbocycles. The smallest absolute Gasteiger partial charge is 0.250 e. The highest BCUT2D eigenvalue weighted by Gasteiger charge is 2.05. The van der Waals surface area contributed by atoms with Gasteiger partial charge in [0.1, 0.15) is 0 Å². The molecule has 0 saturated heterocycles. The summed E-state index contributed by atoms with van der Waals surface area (Å²) in [5.74, 6) is 0.0572. The van der Waals surface area contributed by atoms with E-state index in [9.17, 15) is 4.79 Å². The normalized spacial score (nSPS) is 19.1. The van der Waals surface area contributed by atoms with E-state index >= 15 is 0 Å². The van der Waals surface area contributed by atoms with E-state index in [-0.39, 0.29) is 5.91 Å². The lowest BCUT2D eigenvalue weighted by molar-refractivity contribution is -0.117. The fourth-order valence-corrected chi connectivity index (χ4v) is 1.99. The Morgan fingerprint density at radius 3 is 2.48 bits per heavy atom. The van der Waals surface area contributed by atoms with Gasteiger partial charge in [-0.15, -0.1) is 0 Å². The van der Waals surface area contributed by atoms with Crippen LogP contribution in [0.2, 0.25) is 0 Å². The van der Waals surface area contributed by atoms with Crippen LogP contribution in [0.1, 0.15) is 52.4 Å². The molecule has 0 heterocycles. The van der Waals surface area contributed by atoms with E-state index in [1.165, 1.54) is 19.3 Å². The Kier molecular flexibility index (Phi) is 14.1. The quantitative estimate of drug-likeness (QED) is 0.669. The second kappa shape index (κ2) is 15.0. The van der Waals surface area contributed by atoms with Gasteiger partial charge in [-0.3, -0.25) is 4.79 Å². The Morgan fingerprint density at radius 1 is 1.05 bits per heavy atom. The second-order valence-corrected chi connectivity index (χ2v) is 4.80. The van der Waals surface area contributed by atoms with E-state index in [2.05, 4.69) is 16.7 Å². The van der Waals surface area contributed by atoms with Crippen molar-refractivity contribution in [3.63, 3.8) is 0 Å². The summed E-state index contributed by atoms with van der Waals surface area (Å²) in [6, 6.07) is 0. The Balaban J connectivity index is 0.00000191. The lowest BCUT2D eigenvalue weighted by Gasteiger charge is -2.07. The molecule has 0 radical (unpaired) electrons. The van der Waals surface area contributed by atoms with Gasteiger partial charge in [0.05, 0.1) is 0 Å². The maximum Gasteiger partial charge on any atom is 0.250 e. The second-order valence-electron chi connectivity index (χ2n) is 4.80. The summed E-state index contributed by atoms with van der Waals surface area (Å²) in [5.41, 5.74) is 0.791. The molecule has 2 N–H and O–H groups in total. The van der Waals surface area contributed by atoms with Crippen LogP contribution in [0.5, 0.6) is 0 Å². The zero-order valence-corrected chi connectivity index (χ0v) is 14.0. The molecule has 1 aliphatic rings. The third kappa shape index (κ3) is 11.0. The molecule has 0 bridgehead atoms. The first-order chi connectivity index (χ1) is 10.3. The minimum atomic E-state index is 0.0572. The van der Waals surface area contributed by atoms with E-state index in [0.29, 0.717) is 0 Å². The summed E-state index contributed by atoms with van der Waals surface area (Å²) in [5, 5.41) is 6.13. The number of amides is 1. The first-order valence-electron chi connectivity index (χ1n) is 8.31. The van der Waals surface area contributed by atoms with E-state index in [4.69, 9.17) is 0 Å². The molecule has 1 rings (SSSR count). The van der Waals surface area contributed by atoms with Crippen LogP contribution in [0, 0.1) is 0 Å². The Hall–Kier alpha value is -1.35. The molecule has 0 unspecified atom stereocenters. The highest BCUT2D eigenvalue weighted by atomic mass is 16.1. The summed E-state index contributed by atoms with van der Waals surface area (Å²) in [6.45, 7) is 5.86. The van der Waals surface area contributed by atoms with Crippen LogP contribution in [-0.4, -0.2) is 26.0 Å². The van der Waals surface area contributed by atoms with Crippen LogP contribution >= 0.6 is 0 Å². The first kappa shape index (κ1) is 19.7. The van der Waals surface area contributed by atoms with Crippen molar-refractivity contribution in [3.8, 4) is 0 Å². The van der Waals surface area contributed by atoms with Crippen LogP contribution in [0.3, 0.4) is 0 Å². The fraction of sp³-hybridized carbons (Fsp3) is 0.611. The molecule has 21 heavy (non-hydrogen) atoms. The molecule has 0 aromatic carbocycles. The summed E-state index contributed by atoms with van der Waals surface area (Å²) in [6.07, 6.45) is 16.6. The van der Waals surface area contributed by atoms with Crippen molar-refractivity contribution in [1.29, 1.82) is 0 Å². The van der Waals surface area contributed by atoms with E-state index in [1.54, 1.807) is 0 Å². The van der Waals surface area contributed by atoms with Crippen molar-refractivity contribution in [2.24, 2.45) is 0 Å². The molecule has 120 valence electrons. The van der Waals surface area contributed by atoms with Crippen molar-refractivity contribution >= 4 is 5.91 Å². The van der Waals surface area contributed by atoms with Gasteiger partial charge in [0.15, 0.2) is 0 Å². The van der Waals surface area contributed by atoms with Gasteiger partial charge in [-0.2, -0.15) is 0 Å². The lowest BCUT2D eigenvalue weighted by Crippen LogP contribution is -2.25. The molecule has 3 heteroatoms. The van der Waals surface area contributed by atoms with Gasteiger partial charge in [-0.25, -0.2) is 0 Å². The highest BCUT2D eigenvalue weighted by molar-refractivity contribution is 5.96. The molecule has 0 aromatic rings. The van der Waals surface area contributed by atoms with Crippen molar-refractivity contribution < 1.29 is 4.79 Å². The summed E-state index contributed by atoms with van der Waals surface area (Å²) < 4.78 is 0. The molecule has 0 spiro atoms. The predicted molar refractivity (Wildman–Crippen MR) is 92.3 cm³/mol. The first-order valence-corrected chi connectivity index (χ1v) is 8.31. The number of carbonyl (C=O) groups excluding carboxylic acids is 1. The molecule has 0 atom stereocenters. The minimum Gasteiger partial charge on any atom is -0.352 e. The van der Waals surface area contributed by atoms with Crippen LogP contribution in [-0.2, 0) is 4.79 Å². The van der Waals surface area contributed by atoms with Gasteiger partial charge >= 0.3 is 0 Å². The molecule has 0 fully saturated rings. The molecule has 0 aromatic heterocycles. The Bertz CT molecular complexity index is 343. The van der Waals surface area contributed by atoms with Crippen molar-refractivity contribution in [3.05, 3.63) is 36.0 Å². The number of rotatable bonds is 8. The molecule has 1 amide bonds. The van der Waals surface area contributed by atoms with Gasteiger partial charge in [-0.1, -0.05) is 51.0 Å². The zero-order chi connectivity index (χ0) is 15.8. The topological polar surface area (TPSA) is 41.1 Å². The third-order valence-corrected chi connectivity index (χ3v) is 3.12. The minimum absolute atomic E-state index is 0.0572. The van der Waals surface area contributed by atoms with Gasteiger partial charge in [-0.05, 0) is 45.4 Å². The van der Waals surface area contributed by atoms with Crippen molar-refractivity contribution in [1.82, 2.24) is 10.6 Å². The zero-order valence-electron chi connectivity index (χ0n) is 14.0. The maximum absolute atomic E-state index is 11.9. The number of hydrogen-bond donors (Lipinski definition) is 2. The number of hydrogen-bond acceptors (Lipinski definition) is 2. The van der Waals surface area contributed by atoms with Crippen LogP contribution < -0.4 is 10.6 Å². The number of carbonyl (C=O) groups is 1. The molecular formula is C18H32N2O. The SMILES string of the molecule is CC.CNCCCCCCNC(=O)C1=C/CC/C=C/C=C\1. The van der Waals surface area contributed by atoms with Gasteiger partial charge in [0.2, 0.25) is 0 Å². The van der Waals surface area contributed by atoms with E-state index in [0.717, 1.165) is 37.9 Å². The van der Waals surface area contributed by atoms with Gasteiger partial charge in [0.25, 0.3) is 5.91 Å². The molecule has 3 nitrogen and oxygen atoms in total. The third-order valence-electron chi connectivity index (χ3n) is 3.12. The van der Waals surface area contributed by atoms with Crippen molar-refractivity contribution in [2.45, 2.75) is 52.4 Å². The van der Waals surface area contributed by atoms with Crippen LogP contribution in [0.15, 0.2) is 36.0 Å². The van der Waals surface area contributed by atoms with Crippen molar-refractivity contribution in [2.75, 3.05) is 20.1 Å². The summed E-state index contributed by atoms with van der Waals surface area (Å²) in [7, 11) is 1.98. The number of nitrogens with one attached hydrogen (secondary N) is 2. The summed E-state index contributed by atoms with van der Waals surface area (Å²) >= 11 is 0. The standard InChI is InChI=1S/C16H26N2O.C2H6/c1-17-13-9-5-6-10-14-18-16(19)15-11-7-3-2-4-8-12-15;1-2/h2-3,7,11-12,17H,4-6,8-10,13-14H2,1H3,(H,18,19);1-2H3/b3-2+,11-7-,15-12+;. The predicted octanol–water partition coefficient (Wildman–Crippen LogP) is 3.74. The van der Waals surface area contributed by atoms with Crippen LogP contribution in [0.4, 0.5) is 0 Å². The Labute approximate surface area is 130 Å². The van der Waals surface area contributed by atoms with E-state index in [1.807, 2.05) is 45.2 Å². The van der Waals surface area contributed by atoms with E-state index < -0.39 is 0 Å². The lowest BCUT2D eigenvalue weighted by atomic mass is 10.1. The average Bonchev–Trinajstić information content (AvgIpc) is 2.48. The monoisotopic (exact) mass is 292 g/mol. The Morgan fingerprint density at radius 2 is 1.76 bits per heavy atom. The number of unbranched alkanes of at least 4 members (excludes halogenated alkanes) is 3. The highest BCUT2D eigenvalue weighted by Crippen LogP contribution is 2.06. The van der Waals surface area contributed by atoms with Crippen LogP contribution in [0.25, 0.3) is 0 Å². The molecular weight excluding hydrogens is 260 g/mol. The van der Waals surface area contributed by atoms with Gasteiger partial charge < -0.3 is 10.6 Å². The average molecular weight is 292 g/mol. The number of allylic oxidation sites excluding steroid dienone is 4. The largest absolute Gasteiger partial charge is 0.352 e. The maximum atomic E-state index is 11.9. The molecule has 0 aliphatic heterocycles. The molecule has 0 saturated carbocycles.